The van der Waals surface area contributed by atoms with Gasteiger partial charge in [-0.2, -0.15) is 0 Å². The van der Waals surface area contributed by atoms with E-state index in [2.05, 4.69) is 28.7 Å². The van der Waals surface area contributed by atoms with E-state index in [-0.39, 0.29) is 0 Å². The van der Waals surface area contributed by atoms with Crippen molar-refractivity contribution in [2.45, 2.75) is 37.9 Å². The van der Waals surface area contributed by atoms with Crippen LogP contribution >= 0.6 is 0 Å². The van der Waals surface area contributed by atoms with Crippen LogP contribution in [-0.4, -0.2) is 30.3 Å². The number of hydrogen-bond acceptors (Lipinski definition) is 4. The van der Waals surface area contributed by atoms with Gasteiger partial charge in [-0.25, -0.2) is 13.4 Å². The van der Waals surface area contributed by atoms with E-state index in [0.29, 0.717) is 17.5 Å². The Kier molecular flexibility index (Phi) is 4.80. The van der Waals surface area contributed by atoms with Crippen LogP contribution in [0.15, 0.2) is 41.7 Å². The van der Waals surface area contributed by atoms with E-state index >= 15 is 0 Å². The Morgan fingerprint density at radius 1 is 1.24 bits per heavy atom. The van der Waals surface area contributed by atoms with E-state index in [9.17, 15) is 8.42 Å². The second-order valence-corrected chi connectivity index (χ2v) is 7.48. The van der Waals surface area contributed by atoms with Crippen LogP contribution in [0.25, 0.3) is 0 Å². The van der Waals surface area contributed by atoms with Crippen LogP contribution in [0, 0.1) is 0 Å². The van der Waals surface area contributed by atoms with E-state index in [4.69, 9.17) is 0 Å². The quantitative estimate of drug-likeness (QED) is 0.884. The number of imidazole rings is 1. The van der Waals surface area contributed by atoms with Gasteiger partial charge < -0.3 is 9.88 Å². The summed E-state index contributed by atoms with van der Waals surface area (Å²) in [6.45, 7) is 5.65. The molecule has 0 saturated carbocycles. The first-order valence-corrected chi connectivity index (χ1v) is 8.77. The van der Waals surface area contributed by atoms with Crippen LogP contribution in [0.4, 0.5) is 0 Å². The predicted octanol–water partition coefficient (Wildman–Crippen LogP) is 1.83. The zero-order chi connectivity index (χ0) is 15.5. The maximum atomic E-state index is 11.4. The summed E-state index contributed by atoms with van der Waals surface area (Å²) in [4.78, 5) is 4.53. The molecule has 114 valence electrons. The second-order valence-electron chi connectivity index (χ2n) is 5.46. The lowest BCUT2D eigenvalue weighted by atomic mass is 10.2. The average molecular weight is 307 g/mol. The van der Waals surface area contributed by atoms with Gasteiger partial charge in [-0.15, -0.1) is 0 Å². The molecule has 0 aliphatic carbocycles. The summed E-state index contributed by atoms with van der Waals surface area (Å²) in [5, 5.41) is 3.36. The van der Waals surface area contributed by atoms with Crippen molar-refractivity contribution in [3.63, 3.8) is 0 Å². The Balaban J connectivity index is 2.10. The third kappa shape index (κ3) is 4.41. The SMILES string of the molecule is CC(C)NCc1cncn1Cc1ccc(S(C)(=O)=O)cc1. The molecule has 0 aliphatic heterocycles. The zero-order valence-corrected chi connectivity index (χ0v) is 13.4. The first kappa shape index (κ1) is 15.7. The minimum absolute atomic E-state index is 0.346. The molecule has 0 bridgehead atoms. The molecule has 0 aliphatic rings. The van der Waals surface area contributed by atoms with Crippen molar-refractivity contribution in [3.8, 4) is 0 Å². The molecule has 2 aromatic rings. The van der Waals surface area contributed by atoms with Gasteiger partial charge in [-0.05, 0) is 17.7 Å². The Labute approximate surface area is 125 Å². The minimum Gasteiger partial charge on any atom is -0.329 e. The third-order valence-electron chi connectivity index (χ3n) is 3.19. The molecule has 5 nitrogen and oxygen atoms in total. The number of hydrogen-bond donors (Lipinski definition) is 1. The van der Waals surface area contributed by atoms with Gasteiger partial charge in [-0.3, -0.25) is 0 Å². The molecule has 1 aromatic heterocycles. The van der Waals surface area contributed by atoms with Crippen LogP contribution in [0.3, 0.4) is 0 Å². The fourth-order valence-electron chi connectivity index (χ4n) is 1.99. The van der Waals surface area contributed by atoms with E-state index < -0.39 is 9.84 Å². The lowest BCUT2D eigenvalue weighted by Gasteiger charge is -2.11. The summed E-state index contributed by atoms with van der Waals surface area (Å²) in [6, 6.07) is 7.40. The standard InChI is InChI=1S/C15H21N3O2S/c1-12(2)17-9-14-8-16-11-18(14)10-13-4-6-15(7-5-13)21(3,19)20/h4-8,11-12,17H,9-10H2,1-3H3. The molecule has 1 aromatic carbocycles. The van der Waals surface area contributed by atoms with E-state index in [1.165, 1.54) is 6.26 Å². The molecule has 0 unspecified atom stereocenters. The normalized spacial score (nSPS) is 12.0. The Morgan fingerprint density at radius 2 is 1.90 bits per heavy atom. The zero-order valence-electron chi connectivity index (χ0n) is 12.6. The molecule has 1 N–H and O–H groups in total. The van der Waals surface area contributed by atoms with E-state index in [1.54, 1.807) is 18.5 Å². The summed E-state index contributed by atoms with van der Waals surface area (Å²) < 4.78 is 24.9. The number of rotatable bonds is 6. The van der Waals surface area contributed by atoms with Crippen LogP contribution in [-0.2, 0) is 22.9 Å². The summed E-state index contributed by atoms with van der Waals surface area (Å²) in [6.07, 6.45) is 4.86. The van der Waals surface area contributed by atoms with E-state index in [0.717, 1.165) is 17.8 Å². The minimum atomic E-state index is -3.14. The van der Waals surface area contributed by atoms with Crippen LogP contribution in [0.5, 0.6) is 0 Å². The molecule has 1 heterocycles. The monoisotopic (exact) mass is 307 g/mol. The lowest BCUT2D eigenvalue weighted by Crippen LogP contribution is -2.23. The first-order chi connectivity index (χ1) is 9.86. The number of benzene rings is 1. The van der Waals surface area contributed by atoms with Crippen molar-refractivity contribution >= 4 is 9.84 Å². The largest absolute Gasteiger partial charge is 0.329 e. The lowest BCUT2D eigenvalue weighted by molar-refractivity contribution is 0.564. The Bertz CT molecular complexity index is 688. The summed E-state index contributed by atoms with van der Waals surface area (Å²) >= 11 is 0. The summed E-state index contributed by atoms with van der Waals surface area (Å²) in [7, 11) is -3.14. The molecule has 2 rings (SSSR count). The first-order valence-electron chi connectivity index (χ1n) is 6.87. The highest BCUT2D eigenvalue weighted by Gasteiger charge is 2.07. The van der Waals surface area contributed by atoms with Crippen molar-refractivity contribution in [1.82, 2.24) is 14.9 Å². The number of nitrogens with zero attached hydrogens (tertiary/aromatic N) is 2. The van der Waals surface area contributed by atoms with Gasteiger partial charge in [0.15, 0.2) is 9.84 Å². The van der Waals surface area contributed by atoms with Crippen molar-refractivity contribution in [2.75, 3.05) is 6.26 Å². The molecule has 0 saturated heterocycles. The van der Waals surface area contributed by atoms with Crippen molar-refractivity contribution in [1.29, 1.82) is 0 Å². The molecular formula is C15H21N3O2S. The molecule has 6 heteroatoms. The highest BCUT2D eigenvalue weighted by Crippen LogP contribution is 2.12. The molecular weight excluding hydrogens is 286 g/mol. The van der Waals surface area contributed by atoms with Gasteiger partial charge in [-0.1, -0.05) is 26.0 Å². The Hall–Kier alpha value is -1.66. The highest BCUT2D eigenvalue weighted by molar-refractivity contribution is 7.90. The molecule has 21 heavy (non-hydrogen) atoms. The van der Waals surface area contributed by atoms with Gasteiger partial charge in [0, 0.05) is 31.6 Å². The number of aromatic nitrogens is 2. The fraction of sp³-hybridized carbons (Fsp3) is 0.400. The topological polar surface area (TPSA) is 64.0 Å². The maximum absolute atomic E-state index is 11.4. The fourth-order valence-corrected chi connectivity index (χ4v) is 2.62. The summed E-state index contributed by atoms with van der Waals surface area (Å²) in [5.74, 6) is 0. The Morgan fingerprint density at radius 3 is 2.48 bits per heavy atom. The predicted molar refractivity (Wildman–Crippen MR) is 82.9 cm³/mol. The van der Waals surface area contributed by atoms with E-state index in [1.807, 2.05) is 18.3 Å². The highest BCUT2D eigenvalue weighted by atomic mass is 32.2. The van der Waals surface area contributed by atoms with Crippen LogP contribution < -0.4 is 5.32 Å². The number of nitrogens with one attached hydrogen (secondary N) is 1. The van der Waals surface area contributed by atoms with Crippen molar-refractivity contribution < 1.29 is 8.42 Å². The summed E-state index contributed by atoms with van der Waals surface area (Å²) in [5.41, 5.74) is 2.15. The molecule has 0 radical (unpaired) electrons. The van der Waals surface area contributed by atoms with Crippen LogP contribution in [0.2, 0.25) is 0 Å². The van der Waals surface area contributed by atoms with Gasteiger partial charge in [0.05, 0.1) is 16.9 Å². The molecule has 0 amide bonds. The maximum Gasteiger partial charge on any atom is 0.175 e. The second kappa shape index (κ2) is 6.41. The molecule has 0 fully saturated rings. The van der Waals surface area contributed by atoms with Gasteiger partial charge in [0.1, 0.15) is 0 Å². The number of sulfone groups is 1. The molecule has 0 spiro atoms. The van der Waals surface area contributed by atoms with Crippen molar-refractivity contribution in [3.05, 3.63) is 48.0 Å². The van der Waals surface area contributed by atoms with Gasteiger partial charge >= 0.3 is 0 Å². The van der Waals surface area contributed by atoms with Crippen molar-refractivity contribution in [2.24, 2.45) is 0 Å². The molecule has 0 atom stereocenters. The smallest absolute Gasteiger partial charge is 0.175 e. The third-order valence-corrected chi connectivity index (χ3v) is 4.32. The average Bonchev–Trinajstić information content (AvgIpc) is 2.83. The van der Waals surface area contributed by atoms with Crippen LogP contribution in [0.1, 0.15) is 25.1 Å². The van der Waals surface area contributed by atoms with Gasteiger partial charge in [0.2, 0.25) is 0 Å². The van der Waals surface area contributed by atoms with Gasteiger partial charge in [0.25, 0.3) is 0 Å².